The molecule has 0 spiro atoms. The molecular weight excluding hydrogens is 346 g/mol. The molecule has 0 aliphatic rings. The van der Waals surface area contributed by atoms with E-state index in [4.69, 9.17) is 14.2 Å². The van der Waals surface area contributed by atoms with Crippen LogP contribution in [0, 0.1) is 0 Å². The molecule has 2 rings (SSSR count). The normalized spacial score (nSPS) is 11.4. The van der Waals surface area contributed by atoms with Crippen LogP contribution in [0.1, 0.15) is 31.7 Å². The number of carbonyl (C=O) groups is 2. The van der Waals surface area contributed by atoms with Gasteiger partial charge in [0.05, 0.1) is 7.11 Å². The largest absolute Gasteiger partial charge is 0.497 e. The molecule has 0 fully saturated rings. The van der Waals surface area contributed by atoms with Gasteiger partial charge in [0.2, 0.25) is 0 Å². The van der Waals surface area contributed by atoms with Gasteiger partial charge in [-0.05, 0) is 54.3 Å². The molecule has 1 amide bonds. The van der Waals surface area contributed by atoms with Crippen molar-refractivity contribution in [1.29, 1.82) is 0 Å². The van der Waals surface area contributed by atoms with Crippen molar-refractivity contribution in [3.05, 3.63) is 54.1 Å². The van der Waals surface area contributed by atoms with Crippen molar-refractivity contribution in [2.75, 3.05) is 25.6 Å². The smallest absolute Gasteiger partial charge is 0.344 e. The Morgan fingerprint density at radius 3 is 2.19 bits per heavy atom. The molecule has 6 heteroatoms. The molecule has 0 saturated carbocycles. The number of rotatable bonds is 9. The number of benzene rings is 2. The van der Waals surface area contributed by atoms with E-state index in [2.05, 4.69) is 19.2 Å². The number of amides is 1. The first-order valence-corrected chi connectivity index (χ1v) is 8.84. The fourth-order valence-electron chi connectivity index (χ4n) is 2.33. The summed E-state index contributed by atoms with van der Waals surface area (Å²) < 4.78 is 15.3. The van der Waals surface area contributed by atoms with Crippen molar-refractivity contribution in [1.82, 2.24) is 0 Å². The first-order chi connectivity index (χ1) is 13.0. The summed E-state index contributed by atoms with van der Waals surface area (Å²) in [6, 6.07) is 14.5. The van der Waals surface area contributed by atoms with Crippen LogP contribution in [-0.2, 0) is 14.3 Å². The first kappa shape index (κ1) is 20.3. The highest BCUT2D eigenvalue weighted by molar-refractivity contribution is 5.92. The van der Waals surface area contributed by atoms with E-state index in [-0.39, 0.29) is 13.2 Å². The first-order valence-electron chi connectivity index (χ1n) is 8.84. The van der Waals surface area contributed by atoms with Crippen molar-refractivity contribution < 1.29 is 23.8 Å². The SMILES string of the molecule is CC[C@H](C)c1ccc(NC(=O)COC(=O)COc2ccc(OC)cc2)cc1. The Morgan fingerprint density at radius 2 is 1.59 bits per heavy atom. The lowest BCUT2D eigenvalue weighted by molar-refractivity contribution is -0.149. The minimum atomic E-state index is -0.618. The molecule has 27 heavy (non-hydrogen) atoms. The molecule has 0 radical (unpaired) electrons. The van der Waals surface area contributed by atoms with Crippen LogP contribution in [0.15, 0.2) is 48.5 Å². The van der Waals surface area contributed by atoms with Crippen LogP contribution in [0.25, 0.3) is 0 Å². The minimum Gasteiger partial charge on any atom is -0.497 e. The van der Waals surface area contributed by atoms with E-state index in [0.717, 1.165) is 6.42 Å². The van der Waals surface area contributed by atoms with E-state index in [9.17, 15) is 9.59 Å². The van der Waals surface area contributed by atoms with Crippen molar-refractivity contribution in [3.63, 3.8) is 0 Å². The number of methoxy groups -OCH3 is 1. The summed E-state index contributed by atoms with van der Waals surface area (Å²) in [4.78, 5) is 23.6. The van der Waals surface area contributed by atoms with Gasteiger partial charge in [0.1, 0.15) is 11.5 Å². The molecule has 6 nitrogen and oxygen atoms in total. The third-order valence-electron chi connectivity index (χ3n) is 4.16. The molecule has 0 aromatic heterocycles. The maximum atomic E-state index is 11.9. The molecule has 0 aliphatic carbocycles. The number of hydrogen-bond acceptors (Lipinski definition) is 5. The van der Waals surface area contributed by atoms with Crippen LogP contribution in [0.3, 0.4) is 0 Å². The highest BCUT2D eigenvalue weighted by Crippen LogP contribution is 2.20. The Hall–Kier alpha value is -3.02. The summed E-state index contributed by atoms with van der Waals surface area (Å²) in [5.41, 5.74) is 1.88. The Labute approximate surface area is 159 Å². The molecule has 2 aromatic rings. The number of hydrogen-bond donors (Lipinski definition) is 1. The van der Waals surface area contributed by atoms with Gasteiger partial charge < -0.3 is 19.5 Å². The summed E-state index contributed by atoms with van der Waals surface area (Å²) in [7, 11) is 1.57. The summed E-state index contributed by atoms with van der Waals surface area (Å²) >= 11 is 0. The van der Waals surface area contributed by atoms with E-state index in [0.29, 0.717) is 23.1 Å². The van der Waals surface area contributed by atoms with Gasteiger partial charge in [-0.1, -0.05) is 26.0 Å². The van der Waals surface area contributed by atoms with Gasteiger partial charge in [0, 0.05) is 5.69 Å². The number of esters is 1. The van der Waals surface area contributed by atoms with Crippen LogP contribution in [-0.4, -0.2) is 32.2 Å². The highest BCUT2D eigenvalue weighted by Gasteiger charge is 2.10. The fraction of sp³-hybridized carbons (Fsp3) is 0.333. The maximum absolute atomic E-state index is 11.9. The Morgan fingerprint density at radius 1 is 0.963 bits per heavy atom. The summed E-state index contributed by atoms with van der Waals surface area (Å²) in [6.07, 6.45) is 1.06. The predicted molar refractivity (Wildman–Crippen MR) is 103 cm³/mol. The molecule has 0 heterocycles. The zero-order chi connectivity index (χ0) is 19.6. The van der Waals surface area contributed by atoms with Gasteiger partial charge in [-0.15, -0.1) is 0 Å². The Kier molecular flexibility index (Phi) is 7.67. The average molecular weight is 371 g/mol. The molecule has 144 valence electrons. The molecule has 0 saturated heterocycles. The van der Waals surface area contributed by atoms with Crippen LogP contribution in [0.5, 0.6) is 11.5 Å². The molecule has 1 atom stereocenters. The van der Waals surface area contributed by atoms with E-state index < -0.39 is 11.9 Å². The topological polar surface area (TPSA) is 73.9 Å². The third-order valence-corrected chi connectivity index (χ3v) is 4.16. The quantitative estimate of drug-likeness (QED) is 0.679. The second-order valence-electron chi connectivity index (χ2n) is 6.10. The molecule has 0 bridgehead atoms. The lowest BCUT2D eigenvalue weighted by Gasteiger charge is -2.11. The van der Waals surface area contributed by atoms with Crippen molar-refractivity contribution >= 4 is 17.6 Å². The molecular formula is C21H25NO5. The standard InChI is InChI=1S/C21H25NO5/c1-4-15(2)16-5-7-17(8-6-16)22-20(23)13-27-21(24)14-26-19-11-9-18(25-3)10-12-19/h5-12,15H,4,13-14H2,1-3H3,(H,22,23)/t15-/m0/s1. The monoisotopic (exact) mass is 371 g/mol. The zero-order valence-electron chi connectivity index (χ0n) is 15.9. The van der Waals surface area contributed by atoms with Gasteiger partial charge in [-0.2, -0.15) is 0 Å². The summed E-state index contributed by atoms with van der Waals surface area (Å²) in [5.74, 6) is 0.663. The number of ether oxygens (including phenoxy) is 3. The number of nitrogens with one attached hydrogen (secondary N) is 1. The number of carbonyl (C=O) groups excluding carboxylic acids is 2. The van der Waals surface area contributed by atoms with Gasteiger partial charge >= 0.3 is 5.97 Å². The van der Waals surface area contributed by atoms with Crippen LogP contribution in [0.4, 0.5) is 5.69 Å². The van der Waals surface area contributed by atoms with Crippen LogP contribution < -0.4 is 14.8 Å². The molecule has 2 aromatic carbocycles. The lowest BCUT2D eigenvalue weighted by Crippen LogP contribution is -2.23. The second-order valence-corrected chi connectivity index (χ2v) is 6.10. The fourth-order valence-corrected chi connectivity index (χ4v) is 2.33. The van der Waals surface area contributed by atoms with Gasteiger partial charge in [-0.3, -0.25) is 4.79 Å². The molecule has 0 unspecified atom stereocenters. The average Bonchev–Trinajstić information content (AvgIpc) is 2.71. The number of anilines is 1. The van der Waals surface area contributed by atoms with Gasteiger partial charge in [-0.25, -0.2) is 4.79 Å². The van der Waals surface area contributed by atoms with E-state index in [1.54, 1.807) is 31.4 Å². The third kappa shape index (κ3) is 6.66. The predicted octanol–water partition coefficient (Wildman–Crippen LogP) is 3.77. The summed E-state index contributed by atoms with van der Waals surface area (Å²) in [5, 5.41) is 2.70. The zero-order valence-corrected chi connectivity index (χ0v) is 15.9. The molecule has 1 N–H and O–H groups in total. The minimum absolute atomic E-state index is 0.275. The van der Waals surface area contributed by atoms with Crippen LogP contribution in [0.2, 0.25) is 0 Å². The lowest BCUT2D eigenvalue weighted by atomic mass is 9.99. The van der Waals surface area contributed by atoms with E-state index in [1.165, 1.54) is 5.56 Å². The summed E-state index contributed by atoms with van der Waals surface area (Å²) in [6.45, 7) is 3.65. The highest BCUT2D eigenvalue weighted by atomic mass is 16.6. The Balaban J connectivity index is 1.71. The van der Waals surface area contributed by atoms with E-state index in [1.807, 2.05) is 24.3 Å². The van der Waals surface area contributed by atoms with Gasteiger partial charge in [0.25, 0.3) is 5.91 Å². The second kappa shape index (κ2) is 10.2. The maximum Gasteiger partial charge on any atom is 0.344 e. The van der Waals surface area contributed by atoms with Crippen molar-refractivity contribution in [2.45, 2.75) is 26.2 Å². The molecule has 0 aliphatic heterocycles. The van der Waals surface area contributed by atoms with Crippen molar-refractivity contribution in [2.24, 2.45) is 0 Å². The van der Waals surface area contributed by atoms with Crippen LogP contribution >= 0.6 is 0 Å². The Bertz CT molecular complexity index is 740. The van der Waals surface area contributed by atoms with Gasteiger partial charge in [0.15, 0.2) is 13.2 Å². The van der Waals surface area contributed by atoms with Crippen molar-refractivity contribution in [3.8, 4) is 11.5 Å². The van der Waals surface area contributed by atoms with E-state index >= 15 is 0 Å².